The Hall–Kier alpha value is -3.86. The van der Waals surface area contributed by atoms with Gasteiger partial charge in [-0.25, -0.2) is 4.98 Å². The van der Waals surface area contributed by atoms with Crippen LogP contribution in [0.15, 0.2) is 103 Å². The van der Waals surface area contributed by atoms with Crippen LogP contribution in [0, 0.1) is 0 Å². The molecule has 0 unspecified atom stereocenters. The summed E-state index contributed by atoms with van der Waals surface area (Å²) in [7, 11) is 5.91. The second kappa shape index (κ2) is 7.19. The molecule has 5 aromatic rings. The lowest BCUT2D eigenvalue weighted by Gasteiger charge is -2.38. The first-order valence-corrected chi connectivity index (χ1v) is 9.77. The van der Waals surface area contributed by atoms with Crippen molar-refractivity contribution in [2.75, 3.05) is 5.73 Å². The van der Waals surface area contributed by atoms with Crippen molar-refractivity contribution in [3.8, 4) is 0 Å². The maximum atomic E-state index is 6.40. The topological polar surface area (TPSA) is 56.7 Å². The smallest absolute Gasteiger partial charge is 0.162 e. The number of benzene rings is 3. The van der Waals surface area contributed by atoms with Crippen molar-refractivity contribution in [2.24, 2.45) is 0 Å². The van der Waals surface area contributed by atoms with E-state index in [0.29, 0.717) is 22.4 Å². The maximum absolute atomic E-state index is 6.40. The van der Waals surface area contributed by atoms with Gasteiger partial charge in [-0.3, -0.25) is 4.98 Å². The predicted molar refractivity (Wildman–Crippen MR) is 122 cm³/mol. The molecule has 2 N–H and O–H groups in total. The molecule has 4 nitrogen and oxygen atoms in total. The molecular weight excluding hydrogens is 367 g/mol. The van der Waals surface area contributed by atoms with E-state index < -0.39 is 5.54 Å². The van der Waals surface area contributed by atoms with E-state index in [1.165, 1.54) is 0 Å². The fourth-order valence-corrected chi connectivity index (χ4v) is 4.24. The first kappa shape index (κ1) is 18.2. The molecule has 5 heteroatoms. The summed E-state index contributed by atoms with van der Waals surface area (Å²) in [5.74, 6) is 0. The SMILES string of the molecule is [B]c1cnc2c(n1)c(N)cn2C(c1ccccc1)(c1ccccc1)c1ccccc1. The molecule has 0 saturated carbocycles. The van der Waals surface area contributed by atoms with Gasteiger partial charge in [-0.2, -0.15) is 0 Å². The Bertz CT molecular complexity index is 1200. The van der Waals surface area contributed by atoms with Crippen LogP contribution in [0.4, 0.5) is 5.69 Å². The number of nitrogens with two attached hydrogens (primary N) is 1. The summed E-state index contributed by atoms with van der Waals surface area (Å²) in [6, 6.07) is 31.2. The second-order valence-electron chi connectivity index (χ2n) is 7.23. The van der Waals surface area contributed by atoms with Gasteiger partial charge in [-0.1, -0.05) is 91.0 Å². The number of fused-ring (bicyclic) bond motifs is 1. The van der Waals surface area contributed by atoms with Crippen molar-refractivity contribution in [1.82, 2.24) is 14.5 Å². The summed E-state index contributed by atoms with van der Waals surface area (Å²) in [6.07, 6.45) is 3.49. The third kappa shape index (κ3) is 2.71. The lowest BCUT2D eigenvalue weighted by atomic mass is 9.76. The highest BCUT2D eigenvalue weighted by atomic mass is 15.1. The molecule has 0 atom stereocenters. The molecule has 0 aliphatic rings. The van der Waals surface area contributed by atoms with Crippen molar-refractivity contribution in [2.45, 2.75) is 5.54 Å². The van der Waals surface area contributed by atoms with Gasteiger partial charge in [0.1, 0.15) is 18.9 Å². The molecule has 30 heavy (non-hydrogen) atoms. The molecule has 2 heterocycles. The highest BCUT2D eigenvalue weighted by molar-refractivity contribution is 6.30. The summed E-state index contributed by atoms with van der Waals surface area (Å²) in [5, 5.41) is 0. The zero-order chi connectivity index (χ0) is 20.6. The van der Waals surface area contributed by atoms with Crippen molar-refractivity contribution in [3.05, 3.63) is 120 Å². The lowest BCUT2D eigenvalue weighted by Crippen LogP contribution is -2.37. The molecular formula is C25H19BN4. The van der Waals surface area contributed by atoms with Crippen LogP contribution < -0.4 is 11.3 Å². The van der Waals surface area contributed by atoms with Gasteiger partial charge in [-0.05, 0) is 16.7 Å². The van der Waals surface area contributed by atoms with Crippen LogP contribution in [0.1, 0.15) is 16.7 Å². The molecule has 2 radical (unpaired) electrons. The minimum absolute atomic E-state index is 0.344. The Balaban J connectivity index is 1.98. The average molecular weight is 386 g/mol. The van der Waals surface area contributed by atoms with Gasteiger partial charge in [0.2, 0.25) is 0 Å². The molecule has 0 bridgehead atoms. The van der Waals surface area contributed by atoms with Crippen molar-refractivity contribution in [1.29, 1.82) is 0 Å². The number of nitrogens with zero attached hydrogens (tertiary/aromatic N) is 3. The van der Waals surface area contributed by atoms with E-state index >= 15 is 0 Å². The van der Waals surface area contributed by atoms with E-state index in [9.17, 15) is 0 Å². The highest BCUT2D eigenvalue weighted by Crippen LogP contribution is 2.43. The van der Waals surface area contributed by atoms with Gasteiger partial charge in [0, 0.05) is 18.0 Å². The first-order valence-electron chi connectivity index (χ1n) is 9.77. The van der Waals surface area contributed by atoms with Gasteiger partial charge >= 0.3 is 0 Å². The molecule has 5 rings (SSSR count). The van der Waals surface area contributed by atoms with Gasteiger partial charge in [0.05, 0.1) is 5.69 Å². The Labute approximate surface area is 176 Å². The lowest BCUT2D eigenvalue weighted by molar-refractivity contribution is 0.530. The fourth-order valence-electron chi connectivity index (χ4n) is 4.24. The summed E-state index contributed by atoms with van der Waals surface area (Å²) >= 11 is 0. The van der Waals surface area contributed by atoms with Crippen molar-refractivity contribution >= 4 is 30.3 Å². The van der Waals surface area contributed by atoms with Crippen LogP contribution in [0.2, 0.25) is 0 Å². The Morgan fingerprint density at radius 1 is 0.733 bits per heavy atom. The summed E-state index contributed by atoms with van der Waals surface area (Å²) in [6.45, 7) is 0. The third-order valence-corrected chi connectivity index (χ3v) is 5.48. The van der Waals surface area contributed by atoms with E-state index in [2.05, 4.69) is 87.3 Å². The van der Waals surface area contributed by atoms with Crippen LogP contribution in [0.5, 0.6) is 0 Å². The van der Waals surface area contributed by atoms with Crippen LogP contribution in [-0.4, -0.2) is 22.4 Å². The Morgan fingerprint density at radius 3 is 1.67 bits per heavy atom. The van der Waals surface area contributed by atoms with Crippen molar-refractivity contribution in [3.63, 3.8) is 0 Å². The normalized spacial score (nSPS) is 11.6. The largest absolute Gasteiger partial charge is 0.396 e. The second-order valence-corrected chi connectivity index (χ2v) is 7.23. The molecule has 0 saturated heterocycles. The zero-order valence-electron chi connectivity index (χ0n) is 16.3. The monoisotopic (exact) mass is 386 g/mol. The van der Waals surface area contributed by atoms with Crippen molar-refractivity contribution < 1.29 is 0 Å². The Morgan fingerprint density at radius 2 is 1.20 bits per heavy atom. The summed E-state index contributed by atoms with van der Waals surface area (Å²) in [5.41, 5.74) is 11.2. The fraction of sp³-hybridized carbons (Fsp3) is 0.0400. The van der Waals surface area contributed by atoms with Crippen LogP contribution in [0.25, 0.3) is 11.2 Å². The average Bonchev–Trinajstić information content (AvgIpc) is 3.12. The molecule has 2 aromatic heterocycles. The zero-order valence-corrected chi connectivity index (χ0v) is 16.3. The molecule has 0 aliphatic heterocycles. The molecule has 3 aromatic carbocycles. The maximum Gasteiger partial charge on any atom is 0.162 e. The number of rotatable bonds is 4. The minimum Gasteiger partial charge on any atom is -0.396 e. The summed E-state index contributed by atoms with van der Waals surface area (Å²) < 4.78 is 2.12. The summed E-state index contributed by atoms with van der Waals surface area (Å²) in [4.78, 5) is 9.10. The number of aromatic nitrogens is 3. The van der Waals surface area contributed by atoms with Gasteiger partial charge in [0.25, 0.3) is 0 Å². The molecule has 0 amide bonds. The van der Waals surface area contributed by atoms with Gasteiger partial charge in [-0.15, -0.1) is 0 Å². The standard InChI is InChI=1S/C25H19BN4/c26-22-16-28-24-23(29-22)21(27)17-30(24)25(18-10-4-1-5-11-18,19-12-6-2-7-13-19)20-14-8-3-9-15-20/h1-17H,27H2. The van der Waals surface area contributed by atoms with Crippen LogP contribution >= 0.6 is 0 Å². The van der Waals surface area contributed by atoms with E-state index in [4.69, 9.17) is 13.6 Å². The minimum atomic E-state index is -0.690. The number of anilines is 1. The van der Waals surface area contributed by atoms with Crippen LogP contribution in [-0.2, 0) is 5.54 Å². The van der Waals surface area contributed by atoms with Gasteiger partial charge < -0.3 is 10.3 Å². The molecule has 0 fully saturated rings. The third-order valence-electron chi connectivity index (χ3n) is 5.48. The predicted octanol–water partition coefficient (Wildman–Crippen LogP) is 3.65. The quantitative estimate of drug-likeness (QED) is 0.379. The Kier molecular flexibility index (Phi) is 4.36. The number of hydrogen-bond donors (Lipinski definition) is 1. The van der Waals surface area contributed by atoms with E-state index in [0.717, 1.165) is 16.7 Å². The molecule has 0 aliphatic carbocycles. The highest BCUT2D eigenvalue weighted by Gasteiger charge is 2.39. The van der Waals surface area contributed by atoms with E-state index in [1.54, 1.807) is 6.20 Å². The van der Waals surface area contributed by atoms with E-state index in [1.807, 2.05) is 24.4 Å². The molecule has 142 valence electrons. The van der Waals surface area contributed by atoms with E-state index in [-0.39, 0.29) is 0 Å². The van der Waals surface area contributed by atoms with Gasteiger partial charge in [0.15, 0.2) is 5.65 Å². The number of nitrogen functional groups attached to an aromatic ring is 1. The van der Waals surface area contributed by atoms with Crippen LogP contribution in [0.3, 0.4) is 0 Å². The number of hydrogen-bond acceptors (Lipinski definition) is 3. The molecule has 0 spiro atoms. The first-order chi connectivity index (χ1) is 14.7.